The van der Waals surface area contributed by atoms with Gasteiger partial charge in [0, 0.05) is 12.1 Å². The number of rotatable bonds is 6. The van der Waals surface area contributed by atoms with Crippen molar-refractivity contribution in [3.8, 4) is 5.88 Å². The number of nitrogens with zero attached hydrogens (tertiary/aromatic N) is 1. The van der Waals surface area contributed by atoms with Gasteiger partial charge in [-0.3, -0.25) is 0 Å². The molecule has 0 saturated heterocycles. The number of anilines is 1. The zero-order chi connectivity index (χ0) is 11.4. The Morgan fingerprint density at radius 2 is 2.31 bits per heavy atom. The van der Waals surface area contributed by atoms with Crippen LogP contribution >= 0.6 is 0 Å². The van der Waals surface area contributed by atoms with E-state index in [0.717, 1.165) is 11.6 Å². The van der Waals surface area contributed by atoms with Crippen LogP contribution in [-0.4, -0.2) is 17.6 Å². The number of pyridine rings is 1. The minimum absolute atomic E-state index is 0.534. The van der Waals surface area contributed by atoms with Crippen LogP contribution in [0.1, 0.15) is 33.1 Å². The predicted octanol–water partition coefficient (Wildman–Crippen LogP) is 3.08. The minimum Gasteiger partial charge on any atom is -0.478 e. The van der Waals surface area contributed by atoms with Gasteiger partial charge >= 0.3 is 0 Å². The molecular weight excluding hydrogens is 200 g/mol. The molecule has 1 fully saturated rings. The predicted molar refractivity (Wildman–Crippen MR) is 65.8 cm³/mol. The van der Waals surface area contributed by atoms with E-state index < -0.39 is 0 Å². The van der Waals surface area contributed by atoms with Crippen LogP contribution in [0, 0.1) is 5.92 Å². The Morgan fingerprint density at radius 3 is 2.88 bits per heavy atom. The van der Waals surface area contributed by atoms with E-state index in [2.05, 4.69) is 17.2 Å². The lowest BCUT2D eigenvalue weighted by Gasteiger charge is -2.14. The van der Waals surface area contributed by atoms with Crippen LogP contribution in [0.4, 0.5) is 5.69 Å². The highest BCUT2D eigenvalue weighted by atomic mass is 16.5. The van der Waals surface area contributed by atoms with Crippen molar-refractivity contribution in [1.29, 1.82) is 0 Å². The second-order valence-corrected chi connectivity index (χ2v) is 4.54. The van der Waals surface area contributed by atoms with Gasteiger partial charge in [0.05, 0.1) is 18.5 Å². The minimum atomic E-state index is 0.534. The number of hydrogen-bond donors (Lipinski definition) is 1. The molecule has 0 radical (unpaired) electrons. The molecule has 0 spiro atoms. The first-order valence-electron chi connectivity index (χ1n) is 6.13. The van der Waals surface area contributed by atoms with E-state index in [1.807, 2.05) is 25.3 Å². The molecule has 1 aromatic rings. The molecule has 88 valence electrons. The molecule has 1 heterocycles. The third kappa shape index (κ3) is 3.40. The van der Waals surface area contributed by atoms with E-state index in [-0.39, 0.29) is 0 Å². The van der Waals surface area contributed by atoms with Gasteiger partial charge in [0.2, 0.25) is 5.88 Å². The second-order valence-electron chi connectivity index (χ2n) is 4.54. The first-order chi connectivity index (χ1) is 7.78. The van der Waals surface area contributed by atoms with Gasteiger partial charge in [0.1, 0.15) is 0 Å². The summed E-state index contributed by atoms with van der Waals surface area (Å²) in [6.45, 7) is 4.86. The molecule has 1 unspecified atom stereocenters. The molecule has 1 aliphatic carbocycles. The maximum absolute atomic E-state index is 5.30. The van der Waals surface area contributed by atoms with Crippen molar-refractivity contribution in [2.75, 3.05) is 11.9 Å². The van der Waals surface area contributed by atoms with Crippen molar-refractivity contribution < 1.29 is 4.74 Å². The number of nitrogens with one attached hydrogen (secondary N) is 1. The molecular formula is C13H20N2O. The molecule has 3 heteroatoms. The average Bonchev–Trinajstić information content (AvgIpc) is 3.05. The monoisotopic (exact) mass is 220 g/mol. The molecule has 0 aromatic carbocycles. The third-order valence-corrected chi connectivity index (χ3v) is 2.83. The van der Waals surface area contributed by atoms with Crippen molar-refractivity contribution in [2.45, 2.75) is 39.2 Å². The summed E-state index contributed by atoms with van der Waals surface area (Å²) in [6, 6.07) is 4.48. The number of ether oxygens (including phenoxy) is 1. The summed E-state index contributed by atoms with van der Waals surface area (Å²) in [5.41, 5.74) is 1.08. The van der Waals surface area contributed by atoms with Gasteiger partial charge in [-0.15, -0.1) is 0 Å². The molecule has 1 aromatic heterocycles. The molecule has 3 nitrogen and oxygen atoms in total. The highest BCUT2D eigenvalue weighted by molar-refractivity contribution is 5.42. The highest BCUT2D eigenvalue weighted by Crippen LogP contribution is 2.34. The lowest BCUT2D eigenvalue weighted by molar-refractivity contribution is 0.327. The van der Waals surface area contributed by atoms with Crippen molar-refractivity contribution >= 4 is 5.69 Å². The third-order valence-electron chi connectivity index (χ3n) is 2.83. The first-order valence-corrected chi connectivity index (χ1v) is 6.13. The summed E-state index contributed by atoms with van der Waals surface area (Å²) < 4.78 is 5.30. The van der Waals surface area contributed by atoms with Crippen LogP contribution in [0.25, 0.3) is 0 Å². The fourth-order valence-electron chi connectivity index (χ4n) is 1.90. The van der Waals surface area contributed by atoms with Gasteiger partial charge in [-0.1, -0.05) is 12.8 Å². The smallest absolute Gasteiger partial charge is 0.213 e. The summed E-state index contributed by atoms with van der Waals surface area (Å²) >= 11 is 0. The van der Waals surface area contributed by atoms with E-state index >= 15 is 0 Å². The van der Waals surface area contributed by atoms with Crippen molar-refractivity contribution in [3.05, 3.63) is 18.3 Å². The standard InChI is InChI=1S/C13H20N2O/c1-3-16-13-7-6-12(9-14-13)15-10(2)8-11-4-5-11/h6-7,9-11,15H,3-5,8H2,1-2H3. The van der Waals surface area contributed by atoms with Gasteiger partial charge < -0.3 is 10.1 Å². The topological polar surface area (TPSA) is 34.1 Å². The Hall–Kier alpha value is -1.25. The van der Waals surface area contributed by atoms with Crippen LogP contribution in [0.3, 0.4) is 0 Å². The van der Waals surface area contributed by atoms with Crippen LogP contribution in [-0.2, 0) is 0 Å². The van der Waals surface area contributed by atoms with E-state index in [9.17, 15) is 0 Å². The summed E-state index contributed by atoms with van der Waals surface area (Å²) in [6.07, 6.45) is 5.93. The summed E-state index contributed by atoms with van der Waals surface area (Å²) in [5, 5.41) is 3.46. The molecule has 0 amide bonds. The normalized spacial score (nSPS) is 16.9. The summed E-state index contributed by atoms with van der Waals surface area (Å²) in [7, 11) is 0. The Balaban J connectivity index is 1.83. The van der Waals surface area contributed by atoms with E-state index in [4.69, 9.17) is 4.74 Å². The molecule has 2 rings (SSSR count). The largest absolute Gasteiger partial charge is 0.478 e. The number of hydrogen-bond acceptors (Lipinski definition) is 3. The van der Waals surface area contributed by atoms with E-state index in [1.165, 1.54) is 19.3 Å². The zero-order valence-corrected chi connectivity index (χ0v) is 10.1. The number of aromatic nitrogens is 1. The molecule has 1 aliphatic rings. The van der Waals surface area contributed by atoms with Crippen LogP contribution in [0.5, 0.6) is 5.88 Å². The van der Waals surface area contributed by atoms with Crippen molar-refractivity contribution in [3.63, 3.8) is 0 Å². The Labute approximate surface area is 97.2 Å². The summed E-state index contributed by atoms with van der Waals surface area (Å²) in [5.74, 6) is 1.65. The zero-order valence-electron chi connectivity index (χ0n) is 10.1. The quantitative estimate of drug-likeness (QED) is 0.800. The lowest BCUT2D eigenvalue weighted by atomic mass is 10.1. The molecule has 0 bridgehead atoms. The van der Waals surface area contributed by atoms with Gasteiger partial charge in [-0.2, -0.15) is 0 Å². The SMILES string of the molecule is CCOc1ccc(NC(C)CC2CC2)cn1. The maximum atomic E-state index is 5.30. The molecule has 16 heavy (non-hydrogen) atoms. The van der Waals surface area contributed by atoms with Crippen molar-refractivity contribution in [1.82, 2.24) is 4.98 Å². The maximum Gasteiger partial charge on any atom is 0.213 e. The van der Waals surface area contributed by atoms with Gasteiger partial charge in [-0.05, 0) is 32.3 Å². The Kier molecular flexibility index (Phi) is 3.65. The molecule has 1 atom stereocenters. The molecule has 1 N–H and O–H groups in total. The van der Waals surface area contributed by atoms with E-state index in [1.54, 1.807) is 0 Å². The highest BCUT2D eigenvalue weighted by Gasteiger charge is 2.23. The van der Waals surface area contributed by atoms with Crippen LogP contribution < -0.4 is 10.1 Å². The molecule has 1 saturated carbocycles. The fourth-order valence-corrected chi connectivity index (χ4v) is 1.90. The second kappa shape index (κ2) is 5.19. The van der Waals surface area contributed by atoms with Gasteiger partial charge in [0.15, 0.2) is 0 Å². The van der Waals surface area contributed by atoms with Crippen molar-refractivity contribution in [2.24, 2.45) is 5.92 Å². The van der Waals surface area contributed by atoms with Gasteiger partial charge in [0.25, 0.3) is 0 Å². The lowest BCUT2D eigenvalue weighted by Crippen LogP contribution is -2.15. The Morgan fingerprint density at radius 1 is 1.50 bits per heavy atom. The van der Waals surface area contributed by atoms with Crippen LogP contribution in [0.15, 0.2) is 18.3 Å². The summed E-state index contributed by atoms with van der Waals surface area (Å²) in [4.78, 5) is 4.23. The first kappa shape index (κ1) is 11.2. The van der Waals surface area contributed by atoms with Gasteiger partial charge in [-0.25, -0.2) is 4.98 Å². The van der Waals surface area contributed by atoms with E-state index in [0.29, 0.717) is 18.5 Å². The molecule has 0 aliphatic heterocycles. The van der Waals surface area contributed by atoms with Crippen LogP contribution in [0.2, 0.25) is 0 Å². The Bertz CT molecular complexity index is 319. The average molecular weight is 220 g/mol. The fraction of sp³-hybridized carbons (Fsp3) is 0.615.